The van der Waals surface area contributed by atoms with Crippen LogP contribution in [0.4, 0.5) is 10.5 Å². The van der Waals surface area contributed by atoms with E-state index in [1.165, 1.54) is 0 Å². The number of hydrogen-bond acceptors (Lipinski definition) is 4. The molecule has 1 aliphatic rings. The van der Waals surface area contributed by atoms with Gasteiger partial charge in [-0.3, -0.25) is 10.4 Å². The van der Waals surface area contributed by atoms with Gasteiger partial charge in [-0.1, -0.05) is 6.07 Å². The van der Waals surface area contributed by atoms with Crippen LogP contribution in [0, 0.1) is 0 Å². The zero-order valence-electron chi connectivity index (χ0n) is 12.2. The number of nitrogens with one attached hydrogen (secondary N) is 2. The van der Waals surface area contributed by atoms with Gasteiger partial charge in [0.25, 0.3) is 0 Å². The van der Waals surface area contributed by atoms with Gasteiger partial charge in [0.05, 0.1) is 11.9 Å². The quantitative estimate of drug-likeness (QED) is 0.806. The van der Waals surface area contributed by atoms with Crippen molar-refractivity contribution in [1.82, 2.24) is 15.1 Å². The summed E-state index contributed by atoms with van der Waals surface area (Å²) in [6.45, 7) is 1.82. The van der Waals surface area contributed by atoms with Gasteiger partial charge >= 0.3 is 6.09 Å². The number of aromatic nitrogens is 2. The molecule has 22 heavy (non-hydrogen) atoms. The van der Waals surface area contributed by atoms with Crippen molar-refractivity contribution in [2.75, 3.05) is 25.5 Å². The Bertz CT molecular complexity index is 657. The van der Waals surface area contributed by atoms with Crippen molar-refractivity contribution in [3.63, 3.8) is 0 Å². The van der Waals surface area contributed by atoms with Crippen molar-refractivity contribution in [2.45, 2.75) is 12.5 Å². The highest BCUT2D eigenvalue weighted by molar-refractivity contribution is 5.86. The van der Waals surface area contributed by atoms with Crippen molar-refractivity contribution in [2.24, 2.45) is 0 Å². The van der Waals surface area contributed by atoms with Crippen LogP contribution < -0.4 is 10.1 Å². The fourth-order valence-electron chi connectivity index (χ4n) is 2.60. The van der Waals surface area contributed by atoms with Gasteiger partial charge in [0.2, 0.25) is 0 Å². The second-order valence-electron chi connectivity index (χ2n) is 5.42. The largest absolute Gasteiger partial charge is 0.487 e. The van der Waals surface area contributed by atoms with Crippen molar-refractivity contribution < 1.29 is 14.6 Å². The molecule has 0 radical (unpaired) electrons. The van der Waals surface area contributed by atoms with Gasteiger partial charge in [0.1, 0.15) is 11.9 Å². The summed E-state index contributed by atoms with van der Waals surface area (Å²) in [6.07, 6.45) is 3.39. The van der Waals surface area contributed by atoms with Crippen molar-refractivity contribution in [3.8, 4) is 16.9 Å². The number of rotatable bonds is 4. The molecule has 116 valence electrons. The predicted molar refractivity (Wildman–Crippen MR) is 82.2 cm³/mol. The number of carboxylic acid groups (broad SMARTS) is 1. The molecule has 1 aromatic heterocycles. The second-order valence-corrected chi connectivity index (χ2v) is 5.42. The summed E-state index contributed by atoms with van der Waals surface area (Å²) in [5.74, 6) is 0.543. The molecule has 0 spiro atoms. The summed E-state index contributed by atoms with van der Waals surface area (Å²) in [7, 11) is 2.04. The van der Waals surface area contributed by atoms with Crippen LogP contribution in [-0.2, 0) is 0 Å². The standard InChI is InChI=1S/C15H18N4O3/c1-19-5-4-12(9-19)22-14-6-10(11-7-16-17-8-11)2-3-13(14)18-15(20)21/h2-3,6-8,12,18H,4-5,9H2,1H3,(H,16,17)(H,20,21). The molecule has 3 N–H and O–H groups in total. The molecule has 7 nitrogen and oxygen atoms in total. The molecule has 7 heteroatoms. The number of amides is 1. The molecular formula is C15H18N4O3. The van der Waals surface area contributed by atoms with Gasteiger partial charge in [0.15, 0.2) is 0 Å². The number of likely N-dealkylation sites (tertiary alicyclic amines) is 1. The molecule has 1 atom stereocenters. The molecule has 1 saturated heterocycles. The predicted octanol–water partition coefficient (Wildman–Crippen LogP) is 2.25. The van der Waals surface area contributed by atoms with E-state index in [-0.39, 0.29) is 6.10 Å². The number of hydrogen-bond donors (Lipinski definition) is 3. The van der Waals surface area contributed by atoms with Gasteiger partial charge < -0.3 is 14.7 Å². The highest BCUT2D eigenvalue weighted by Gasteiger charge is 2.22. The summed E-state index contributed by atoms with van der Waals surface area (Å²) < 4.78 is 6.02. The van der Waals surface area contributed by atoms with E-state index in [0.29, 0.717) is 11.4 Å². The van der Waals surface area contributed by atoms with E-state index in [9.17, 15) is 4.79 Å². The van der Waals surface area contributed by atoms with Crippen LogP contribution in [0.15, 0.2) is 30.6 Å². The van der Waals surface area contributed by atoms with Gasteiger partial charge in [-0.2, -0.15) is 5.10 Å². The minimum absolute atomic E-state index is 0.0685. The molecule has 1 aromatic carbocycles. The minimum Gasteiger partial charge on any atom is -0.487 e. The first-order chi connectivity index (χ1) is 10.6. The average Bonchev–Trinajstić information content (AvgIpc) is 3.12. The lowest BCUT2D eigenvalue weighted by Crippen LogP contribution is -2.22. The number of carbonyl (C=O) groups is 1. The van der Waals surface area contributed by atoms with Crippen LogP contribution in [0.3, 0.4) is 0 Å². The Morgan fingerprint density at radius 1 is 1.50 bits per heavy atom. The summed E-state index contributed by atoms with van der Waals surface area (Å²) in [4.78, 5) is 13.1. The molecule has 0 saturated carbocycles. The number of H-pyrrole nitrogens is 1. The maximum atomic E-state index is 10.9. The molecule has 1 aliphatic heterocycles. The summed E-state index contributed by atoms with van der Waals surface area (Å²) in [5, 5.41) is 18.0. The number of aromatic amines is 1. The zero-order valence-corrected chi connectivity index (χ0v) is 12.2. The molecule has 0 bridgehead atoms. The van der Waals surface area contributed by atoms with Gasteiger partial charge in [0, 0.05) is 24.8 Å². The van der Waals surface area contributed by atoms with E-state index in [1.807, 2.05) is 19.2 Å². The highest BCUT2D eigenvalue weighted by Crippen LogP contribution is 2.32. The monoisotopic (exact) mass is 302 g/mol. The van der Waals surface area contributed by atoms with E-state index < -0.39 is 6.09 Å². The van der Waals surface area contributed by atoms with Crippen LogP contribution in [0.2, 0.25) is 0 Å². The van der Waals surface area contributed by atoms with Gasteiger partial charge in [-0.05, 0) is 31.2 Å². The Hall–Kier alpha value is -2.54. The molecule has 3 rings (SSSR count). The number of anilines is 1. The average molecular weight is 302 g/mol. The van der Waals surface area contributed by atoms with Crippen molar-refractivity contribution in [3.05, 3.63) is 30.6 Å². The highest BCUT2D eigenvalue weighted by atomic mass is 16.5. The zero-order chi connectivity index (χ0) is 15.5. The van der Waals surface area contributed by atoms with Crippen molar-refractivity contribution in [1.29, 1.82) is 0 Å². The van der Waals surface area contributed by atoms with E-state index in [2.05, 4.69) is 20.4 Å². The number of benzene rings is 1. The fourth-order valence-corrected chi connectivity index (χ4v) is 2.60. The fraction of sp³-hybridized carbons (Fsp3) is 0.333. The first-order valence-electron chi connectivity index (χ1n) is 7.10. The van der Waals surface area contributed by atoms with Crippen LogP contribution in [-0.4, -0.2) is 52.5 Å². The Morgan fingerprint density at radius 2 is 2.36 bits per heavy atom. The maximum Gasteiger partial charge on any atom is 0.409 e. The van der Waals surface area contributed by atoms with Gasteiger partial charge in [-0.25, -0.2) is 4.79 Å². The first kappa shape index (κ1) is 14.4. The third kappa shape index (κ3) is 3.20. The molecule has 1 fully saturated rings. The molecule has 2 heterocycles. The third-order valence-electron chi connectivity index (χ3n) is 3.70. The SMILES string of the molecule is CN1CCC(Oc2cc(-c3cn[nH]c3)ccc2NC(=O)O)C1. The van der Waals surface area contributed by atoms with E-state index in [1.54, 1.807) is 18.5 Å². The normalized spacial score (nSPS) is 18.3. The van der Waals surface area contributed by atoms with E-state index in [4.69, 9.17) is 9.84 Å². The lowest BCUT2D eigenvalue weighted by atomic mass is 10.1. The van der Waals surface area contributed by atoms with Crippen LogP contribution >= 0.6 is 0 Å². The smallest absolute Gasteiger partial charge is 0.409 e. The minimum atomic E-state index is -1.11. The Kier molecular flexibility index (Phi) is 3.97. The summed E-state index contributed by atoms with van der Waals surface area (Å²) >= 11 is 0. The maximum absolute atomic E-state index is 10.9. The van der Waals surface area contributed by atoms with E-state index >= 15 is 0 Å². The van der Waals surface area contributed by atoms with Crippen LogP contribution in [0.25, 0.3) is 11.1 Å². The number of nitrogens with zero attached hydrogens (tertiary/aromatic N) is 2. The third-order valence-corrected chi connectivity index (χ3v) is 3.70. The lowest BCUT2D eigenvalue weighted by Gasteiger charge is -2.17. The summed E-state index contributed by atoms with van der Waals surface area (Å²) in [5.41, 5.74) is 2.30. The molecule has 1 amide bonds. The topological polar surface area (TPSA) is 90.5 Å². The van der Waals surface area contributed by atoms with Gasteiger partial charge in [-0.15, -0.1) is 0 Å². The molecule has 0 aliphatic carbocycles. The van der Waals surface area contributed by atoms with Crippen LogP contribution in [0.5, 0.6) is 5.75 Å². The molecule has 1 unspecified atom stereocenters. The van der Waals surface area contributed by atoms with Crippen molar-refractivity contribution >= 4 is 11.8 Å². The number of ether oxygens (including phenoxy) is 1. The van der Waals surface area contributed by atoms with Crippen LogP contribution in [0.1, 0.15) is 6.42 Å². The lowest BCUT2D eigenvalue weighted by molar-refractivity contribution is 0.204. The second kappa shape index (κ2) is 6.07. The number of likely N-dealkylation sites (N-methyl/N-ethyl adjacent to an activating group) is 1. The Labute approximate surface area is 127 Å². The Balaban J connectivity index is 1.88. The Morgan fingerprint density at radius 3 is 3.00 bits per heavy atom. The molecular weight excluding hydrogens is 284 g/mol. The summed E-state index contributed by atoms with van der Waals surface area (Å²) in [6, 6.07) is 5.39. The first-order valence-corrected chi connectivity index (χ1v) is 7.10. The molecule has 2 aromatic rings. The van der Waals surface area contributed by atoms with E-state index in [0.717, 1.165) is 30.6 Å².